The van der Waals surface area contributed by atoms with Gasteiger partial charge in [-0.15, -0.1) is 11.8 Å². The monoisotopic (exact) mass is 537 g/mol. The molecule has 5 nitrogen and oxygen atoms in total. The zero-order chi connectivity index (χ0) is 25.3. The van der Waals surface area contributed by atoms with Crippen molar-refractivity contribution < 1.29 is 14.0 Å². The molecule has 0 bridgehead atoms. The lowest BCUT2D eigenvalue weighted by Crippen LogP contribution is -2.58. The summed E-state index contributed by atoms with van der Waals surface area (Å²) in [6, 6.07) is 20.5. The first kappa shape index (κ1) is 24.5. The first-order valence-corrected chi connectivity index (χ1v) is 13.3. The number of thiophene rings is 1. The van der Waals surface area contributed by atoms with Crippen LogP contribution in [0.1, 0.15) is 17.7 Å². The van der Waals surface area contributed by atoms with Crippen LogP contribution < -0.4 is 5.32 Å². The Labute approximate surface area is 221 Å². The minimum atomic E-state index is -1.06. The van der Waals surface area contributed by atoms with Crippen molar-refractivity contribution in [2.24, 2.45) is 0 Å². The van der Waals surface area contributed by atoms with Gasteiger partial charge in [0.2, 0.25) is 5.91 Å². The van der Waals surface area contributed by atoms with Crippen molar-refractivity contribution in [2.45, 2.75) is 22.1 Å². The van der Waals surface area contributed by atoms with Crippen molar-refractivity contribution in [2.75, 3.05) is 12.4 Å². The third-order valence-electron chi connectivity index (χ3n) is 6.22. The molecule has 0 spiro atoms. The Balaban J connectivity index is 1.52. The molecular weight excluding hydrogens is 517 g/mol. The lowest BCUT2D eigenvalue weighted by atomic mass is 9.78. The molecule has 1 aliphatic rings. The predicted octanol–water partition coefficient (Wildman–Crippen LogP) is 6.51. The summed E-state index contributed by atoms with van der Waals surface area (Å²) in [4.78, 5) is 34.4. The maximum atomic E-state index is 13.7. The normalized spacial score (nSPS) is 20.0. The fourth-order valence-corrected chi connectivity index (χ4v) is 6.43. The van der Waals surface area contributed by atoms with Crippen LogP contribution in [0.5, 0.6) is 0 Å². The van der Waals surface area contributed by atoms with Gasteiger partial charge in [-0.1, -0.05) is 29.8 Å². The molecule has 1 aliphatic heterocycles. The molecule has 0 saturated carbocycles. The second-order valence-electron chi connectivity index (χ2n) is 8.38. The van der Waals surface area contributed by atoms with Crippen molar-refractivity contribution in [3.05, 3.63) is 106 Å². The van der Waals surface area contributed by atoms with Gasteiger partial charge in [-0.2, -0.15) is 11.3 Å². The summed E-state index contributed by atoms with van der Waals surface area (Å²) in [5.41, 5.74) is 1.00. The average Bonchev–Trinajstić information content (AvgIpc) is 3.42. The van der Waals surface area contributed by atoms with Gasteiger partial charge in [0.1, 0.15) is 22.4 Å². The molecule has 1 amide bonds. The molecule has 1 N–H and O–H groups in total. The molecule has 36 heavy (non-hydrogen) atoms. The molecule has 2 aromatic carbocycles. The lowest BCUT2D eigenvalue weighted by molar-refractivity contribution is -0.144. The smallest absolute Gasteiger partial charge is 0.244 e. The summed E-state index contributed by atoms with van der Waals surface area (Å²) in [5, 5.41) is 6.64. The molecule has 1 saturated heterocycles. The minimum Gasteiger partial charge on any atom is -0.340 e. The molecule has 0 radical (unpaired) electrons. The highest BCUT2D eigenvalue weighted by Gasteiger charge is 2.52. The summed E-state index contributed by atoms with van der Waals surface area (Å²) in [5.74, 6) is -0.299. The van der Waals surface area contributed by atoms with Gasteiger partial charge in [-0.05, 0) is 70.9 Å². The van der Waals surface area contributed by atoms with E-state index in [-0.39, 0.29) is 23.9 Å². The van der Waals surface area contributed by atoms with E-state index in [0.717, 1.165) is 5.56 Å². The Hall–Kier alpha value is -3.20. The number of aromatic nitrogens is 1. The van der Waals surface area contributed by atoms with Crippen LogP contribution in [0.3, 0.4) is 0 Å². The van der Waals surface area contributed by atoms with Crippen molar-refractivity contribution >= 4 is 57.9 Å². The van der Waals surface area contributed by atoms with E-state index in [2.05, 4.69) is 5.32 Å². The number of halogens is 2. The highest BCUT2D eigenvalue weighted by atomic mass is 35.5. The number of hydrogen-bond donors (Lipinski definition) is 1. The first-order chi connectivity index (χ1) is 17.4. The van der Waals surface area contributed by atoms with Gasteiger partial charge < -0.3 is 10.2 Å². The van der Waals surface area contributed by atoms with E-state index in [9.17, 15) is 14.0 Å². The number of carbonyl (C=O) groups excluding carboxylic acids is 2. The molecule has 0 aliphatic carbocycles. The molecule has 182 valence electrons. The molecule has 2 aromatic heterocycles. The summed E-state index contributed by atoms with van der Waals surface area (Å²) in [6.45, 7) is 0. The van der Waals surface area contributed by atoms with Gasteiger partial charge in [-0.25, -0.2) is 9.37 Å². The van der Waals surface area contributed by atoms with Crippen molar-refractivity contribution in [1.29, 1.82) is 0 Å². The average molecular weight is 538 g/mol. The third kappa shape index (κ3) is 4.52. The van der Waals surface area contributed by atoms with E-state index in [1.807, 2.05) is 41.1 Å². The number of amides is 1. The Kier molecular flexibility index (Phi) is 6.83. The molecule has 3 heterocycles. The number of hydrogen-bond acceptors (Lipinski definition) is 6. The maximum Gasteiger partial charge on any atom is 0.244 e. The Morgan fingerprint density at radius 1 is 1.08 bits per heavy atom. The summed E-state index contributed by atoms with van der Waals surface area (Å²) in [7, 11) is 1.72. The van der Waals surface area contributed by atoms with Crippen molar-refractivity contribution in [3.63, 3.8) is 0 Å². The molecular formula is C27H21ClFN3O2S2. The summed E-state index contributed by atoms with van der Waals surface area (Å²) >= 11 is 8.98. The third-order valence-corrected chi connectivity index (χ3v) is 8.65. The Morgan fingerprint density at radius 3 is 2.58 bits per heavy atom. The number of nitrogens with zero attached hydrogens (tertiary/aromatic N) is 2. The number of pyridine rings is 1. The molecule has 1 fully saturated rings. The van der Waals surface area contributed by atoms with Crippen LogP contribution >= 0.6 is 34.7 Å². The van der Waals surface area contributed by atoms with Crippen LogP contribution in [0.2, 0.25) is 5.02 Å². The standard InChI is InChI=1S/C27H21ClFN3O2S2/c1-32-26(34)25(36-22-6-3-2-5-20(22)28)21(33)15-27(32,17-13-14-35-16-17)23-7-4-8-24(31-23)30-19-11-9-18(29)10-12-19/h2-14,16,25H,15H2,1H3,(H,30,31). The van der Waals surface area contributed by atoms with Crippen LogP contribution in [-0.4, -0.2) is 33.9 Å². The quantitative estimate of drug-likeness (QED) is 0.284. The minimum absolute atomic E-state index is 0.0705. The molecule has 2 unspecified atom stereocenters. The number of nitrogens with one attached hydrogen (secondary N) is 1. The maximum absolute atomic E-state index is 13.7. The highest BCUT2D eigenvalue weighted by molar-refractivity contribution is 8.01. The zero-order valence-corrected chi connectivity index (χ0v) is 21.5. The van der Waals surface area contributed by atoms with Crippen LogP contribution in [0, 0.1) is 5.82 Å². The molecule has 9 heteroatoms. The number of anilines is 2. The van der Waals surface area contributed by atoms with Crippen LogP contribution in [0.25, 0.3) is 0 Å². The van der Waals surface area contributed by atoms with Crippen LogP contribution in [-0.2, 0) is 15.1 Å². The number of rotatable bonds is 6. The van der Waals surface area contributed by atoms with Crippen molar-refractivity contribution in [1.82, 2.24) is 9.88 Å². The van der Waals surface area contributed by atoms with Gasteiger partial charge in [0.05, 0.1) is 10.7 Å². The second kappa shape index (κ2) is 10.0. The van der Waals surface area contributed by atoms with E-state index in [0.29, 0.717) is 27.1 Å². The van der Waals surface area contributed by atoms with Gasteiger partial charge >= 0.3 is 0 Å². The predicted molar refractivity (Wildman–Crippen MR) is 143 cm³/mol. The van der Waals surface area contributed by atoms with E-state index in [4.69, 9.17) is 16.6 Å². The Bertz CT molecular complexity index is 1410. The molecule has 4 aromatic rings. The van der Waals surface area contributed by atoms with Gasteiger partial charge in [0.25, 0.3) is 0 Å². The van der Waals surface area contributed by atoms with E-state index < -0.39 is 10.8 Å². The van der Waals surface area contributed by atoms with E-state index in [1.165, 1.54) is 35.2 Å². The fraction of sp³-hybridized carbons (Fsp3) is 0.148. The van der Waals surface area contributed by atoms with Gasteiger partial charge in [0, 0.05) is 24.1 Å². The largest absolute Gasteiger partial charge is 0.340 e. The van der Waals surface area contributed by atoms with Crippen LogP contribution in [0.15, 0.2) is 88.5 Å². The number of carbonyl (C=O) groups is 2. The fourth-order valence-electron chi connectivity index (χ4n) is 4.37. The summed E-state index contributed by atoms with van der Waals surface area (Å²) in [6.07, 6.45) is 0.0705. The number of ketones is 1. The van der Waals surface area contributed by atoms with Crippen molar-refractivity contribution in [3.8, 4) is 0 Å². The topological polar surface area (TPSA) is 62.3 Å². The molecule has 5 rings (SSSR count). The lowest BCUT2D eigenvalue weighted by Gasteiger charge is -2.46. The van der Waals surface area contributed by atoms with Gasteiger partial charge in [0.15, 0.2) is 5.78 Å². The number of likely N-dealkylation sites (tertiary alicyclic amines) is 1. The summed E-state index contributed by atoms with van der Waals surface area (Å²) < 4.78 is 13.3. The van der Waals surface area contributed by atoms with E-state index >= 15 is 0 Å². The first-order valence-electron chi connectivity index (χ1n) is 11.1. The number of Topliss-reactive ketones (excluding diaryl/α,β-unsaturated/α-hetero) is 1. The van der Waals surface area contributed by atoms with Gasteiger partial charge in [-0.3, -0.25) is 9.59 Å². The van der Waals surface area contributed by atoms with E-state index in [1.54, 1.807) is 42.3 Å². The molecule has 2 atom stereocenters. The second-order valence-corrected chi connectivity index (χ2v) is 10.7. The van der Waals surface area contributed by atoms with Crippen LogP contribution in [0.4, 0.5) is 15.9 Å². The number of piperidine rings is 1. The number of thioether (sulfide) groups is 1. The highest BCUT2D eigenvalue weighted by Crippen LogP contribution is 2.45. The SMILES string of the molecule is CN1C(=O)C(Sc2ccccc2Cl)C(=O)CC1(c1ccsc1)c1cccc(Nc2ccc(F)cc2)n1. The number of benzene rings is 2. The Morgan fingerprint density at radius 2 is 1.86 bits per heavy atom. The zero-order valence-electron chi connectivity index (χ0n) is 19.2.